The Kier molecular flexibility index (Phi) is 3.01. The molecule has 1 aromatic rings. The summed E-state index contributed by atoms with van der Waals surface area (Å²) in [5, 5.41) is 4.40. The third-order valence-electron chi connectivity index (χ3n) is 2.66. The Labute approximate surface area is 103 Å². The van der Waals surface area contributed by atoms with E-state index in [0.717, 1.165) is 0 Å². The number of rotatable bonds is 3. The van der Waals surface area contributed by atoms with Crippen molar-refractivity contribution in [3.05, 3.63) is 35.9 Å². The van der Waals surface area contributed by atoms with Crippen LogP contribution < -0.4 is 10.6 Å². The number of hydrogen-bond donors (Lipinski definition) is 2. The fourth-order valence-electron chi connectivity index (χ4n) is 1.85. The van der Waals surface area contributed by atoms with Gasteiger partial charge in [-0.15, -0.1) is 0 Å². The Morgan fingerprint density at radius 1 is 1.28 bits per heavy atom. The zero-order valence-electron chi connectivity index (χ0n) is 9.73. The average molecular weight is 248 g/mol. The topological polar surface area (TPSA) is 84.5 Å². The van der Waals surface area contributed by atoms with Crippen molar-refractivity contribution in [1.29, 1.82) is 0 Å². The van der Waals surface area contributed by atoms with Crippen molar-refractivity contribution >= 4 is 17.9 Å². The largest absolute Gasteiger partial charge is 0.464 e. The van der Waals surface area contributed by atoms with E-state index in [2.05, 4.69) is 10.6 Å². The molecule has 1 heterocycles. The van der Waals surface area contributed by atoms with E-state index >= 15 is 0 Å². The van der Waals surface area contributed by atoms with Crippen molar-refractivity contribution < 1.29 is 19.1 Å². The highest BCUT2D eigenvalue weighted by Gasteiger charge is 2.55. The fraction of sp³-hybridized carbons (Fsp3) is 0.250. The first kappa shape index (κ1) is 12.1. The van der Waals surface area contributed by atoms with E-state index < -0.39 is 23.4 Å². The minimum atomic E-state index is -1.78. The van der Waals surface area contributed by atoms with Crippen LogP contribution >= 0.6 is 0 Å². The van der Waals surface area contributed by atoms with Crippen LogP contribution in [0.15, 0.2) is 30.3 Å². The molecule has 1 aromatic carbocycles. The van der Waals surface area contributed by atoms with Crippen molar-refractivity contribution in [2.45, 2.75) is 12.5 Å². The maximum atomic E-state index is 12.0. The predicted octanol–water partition coefficient (Wildman–Crippen LogP) is 0.284. The standard InChI is InChI=1S/C12H12N2O4/c1-2-18-10(16)12(8-6-4-3-5-7-8)9(15)13-11(17)14-12/h3-7H,2H2,1H3,(H2,13,14,15,17)/t12-/m1/s1. The monoisotopic (exact) mass is 248 g/mol. The van der Waals surface area contributed by atoms with Gasteiger partial charge >= 0.3 is 12.0 Å². The van der Waals surface area contributed by atoms with Crippen LogP contribution in [0.3, 0.4) is 0 Å². The highest BCUT2D eigenvalue weighted by molar-refractivity contribution is 6.19. The van der Waals surface area contributed by atoms with Gasteiger partial charge in [0, 0.05) is 0 Å². The Balaban J connectivity index is 2.51. The number of nitrogens with one attached hydrogen (secondary N) is 2. The van der Waals surface area contributed by atoms with E-state index in [-0.39, 0.29) is 6.61 Å². The molecule has 1 aliphatic rings. The summed E-state index contributed by atoms with van der Waals surface area (Å²) in [6, 6.07) is 7.56. The molecule has 2 rings (SSSR count). The predicted molar refractivity (Wildman–Crippen MR) is 61.4 cm³/mol. The molecule has 3 amide bonds. The Morgan fingerprint density at radius 3 is 2.44 bits per heavy atom. The molecule has 0 unspecified atom stereocenters. The smallest absolute Gasteiger partial charge is 0.346 e. The van der Waals surface area contributed by atoms with Gasteiger partial charge in [-0.1, -0.05) is 30.3 Å². The molecule has 0 spiro atoms. The fourth-order valence-corrected chi connectivity index (χ4v) is 1.85. The summed E-state index contributed by atoms with van der Waals surface area (Å²) < 4.78 is 4.89. The average Bonchev–Trinajstić information content (AvgIpc) is 2.67. The number of urea groups is 1. The number of ether oxygens (including phenoxy) is 1. The number of carbonyl (C=O) groups is 3. The first-order chi connectivity index (χ1) is 8.61. The van der Waals surface area contributed by atoms with Gasteiger partial charge in [0.2, 0.25) is 5.54 Å². The van der Waals surface area contributed by atoms with Crippen LogP contribution in [-0.4, -0.2) is 24.5 Å². The molecule has 18 heavy (non-hydrogen) atoms. The van der Waals surface area contributed by atoms with Gasteiger partial charge in [-0.3, -0.25) is 10.1 Å². The first-order valence-corrected chi connectivity index (χ1v) is 5.47. The van der Waals surface area contributed by atoms with Gasteiger partial charge in [-0.2, -0.15) is 0 Å². The summed E-state index contributed by atoms with van der Waals surface area (Å²) in [5.41, 5.74) is -1.42. The molecular weight excluding hydrogens is 236 g/mol. The quantitative estimate of drug-likeness (QED) is 0.457. The van der Waals surface area contributed by atoms with Crippen LogP contribution in [0.5, 0.6) is 0 Å². The van der Waals surface area contributed by atoms with E-state index in [1.165, 1.54) is 0 Å². The van der Waals surface area contributed by atoms with Gasteiger partial charge < -0.3 is 10.1 Å². The number of imide groups is 1. The lowest BCUT2D eigenvalue weighted by atomic mass is 9.90. The van der Waals surface area contributed by atoms with Gasteiger partial charge in [0.1, 0.15) is 0 Å². The van der Waals surface area contributed by atoms with Crippen molar-refractivity contribution in [2.75, 3.05) is 6.61 Å². The molecule has 1 fully saturated rings. The minimum Gasteiger partial charge on any atom is -0.464 e. The van der Waals surface area contributed by atoms with Crippen molar-refractivity contribution in [1.82, 2.24) is 10.6 Å². The van der Waals surface area contributed by atoms with Gasteiger partial charge in [-0.05, 0) is 12.5 Å². The maximum Gasteiger partial charge on any atom is 0.346 e. The lowest BCUT2D eigenvalue weighted by Crippen LogP contribution is -2.51. The number of esters is 1. The van der Waals surface area contributed by atoms with Crippen LogP contribution in [-0.2, 0) is 19.9 Å². The molecule has 1 atom stereocenters. The van der Waals surface area contributed by atoms with Crippen molar-refractivity contribution in [3.8, 4) is 0 Å². The lowest BCUT2D eigenvalue weighted by molar-refractivity contribution is -0.154. The molecule has 6 heteroatoms. The van der Waals surface area contributed by atoms with Crippen molar-refractivity contribution in [2.24, 2.45) is 0 Å². The minimum absolute atomic E-state index is 0.122. The van der Waals surface area contributed by atoms with Gasteiger partial charge in [-0.25, -0.2) is 9.59 Å². The van der Waals surface area contributed by atoms with Gasteiger partial charge in [0.25, 0.3) is 5.91 Å². The number of hydrogen-bond acceptors (Lipinski definition) is 4. The molecule has 1 aliphatic heterocycles. The summed E-state index contributed by atoms with van der Waals surface area (Å²) in [5.74, 6) is -1.52. The number of amides is 3. The normalized spacial score (nSPS) is 22.3. The Morgan fingerprint density at radius 2 is 1.94 bits per heavy atom. The molecule has 0 radical (unpaired) electrons. The van der Waals surface area contributed by atoms with E-state index in [4.69, 9.17) is 4.74 Å². The number of benzene rings is 1. The summed E-state index contributed by atoms with van der Waals surface area (Å²) in [4.78, 5) is 35.3. The van der Waals surface area contributed by atoms with Gasteiger partial charge in [0.05, 0.1) is 6.61 Å². The molecule has 94 valence electrons. The molecule has 6 nitrogen and oxygen atoms in total. The summed E-state index contributed by atoms with van der Waals surface area (Å²) in [7, 11) is 0. The third kappa shape index (κ3) is 1.71. The molecule has 0 saturated carbocycles. The second-order valence-corrected chi connectivity index (χ2v) is 3.74. The number of carbonyl (C=O) groups excluding carboxylic acids is 3. The van der Waals surface area contributed by atoms with Gasteiger partial charge in [0.15, 0.2) is 0 Å². The van der Waals surface area contributed by atoms with Crippen LogP contribution in [0.4, 0.5) is 4.79 Å². The second kappa shape index (κ2) is 4.48. The molecule has 2 N–H and O–H groups in total. The highest BCUT2D eigenvalue weighted by atomic mass is 16.5. The molecular formula is C12H12N2O4. The van der Waals surface area contributed by atoms with E-state index in [1.54, 1.807) is 37.3 Å². The zero-order chi connectivity index (χ0) is 13.2. The Hall–Kier alpha value is -2.37. The summed E-state index contributed by atoms with van der Waals surface area (Å²) in [6.07, 6.45) is 0. The van der Waals surface area contributed by atoms with Crippen molar-refractivity contribution in [3.63, 3.8) is 0 Å². The SMILES string of the molecule is CCOC(=O)[C@]1(c2ccccc2)NC(=O)NC1=O. The van der Waals surface area contributed by atoms with Crippen LogP contribution in [0.25, 0.3) is 0 Å². The Bertz CT molecular complexity index is 500. The summed E-state index contributed by atoms with van der Waals surface area (Å²) >= 11 is 0. The van der Waals surface area contributed by atoms with Crippen LogP contribution in [0.2, 0.25) is 0 Å². The molecule has 1 saturated heterocycles. The summed E-state index contributed by atoms with van der Waals surface area (Å²) in [6.45, 7) is 1.75. The van der Waals surface area contributed by atoms with E-state index in [1.807, 2.05) is 0 Å². The molecule has 0 bridgehead atoms. The lowest BCUT2D eigenvalue weighted by Gasteiger charge is -2.23. The molecule has 0 aromatic heterocycles. The third-order valence-corrected chi connectivity index (χ3v) is 2.66. The van der Waals surface area contributed by atoms with Crippen LogP contribution in [0.1, 0.15) is 12.5 Å². The van der Waals surface area contributed by atoms with E-state index in [9.17, 15) is 14.4 Å². The first-order valence-electron chi connectivity index (χ1n) is 5.47. The highest BCUT2D eigenvalue weighted by Crippen LogP contribution is 2.26. The maximum absolute atomic E-state index is 12.0. The van der Waals surface area contributed by atoms with E-state index in [0.29, 0.717) is 5.56 Å². The molecule has 0 aliphatic carbocycles. The van der Waals surface area contributed by atoms with Crippen LogP contribution in [0, 0.1) is 0 Å². The zero-order valence-corrected chi connectivity index (χ0v) is 9.73. The second-order valence-electron chi connectivity index (χ2n) is 3.74.